The van der Waals surface area contributed by atoms with Crippen molar-refractivity contribution in [2.75, 3.05) is 11.9 Å². The molecule has 2 atom stereocenters. The topological polar surface area (TPSA) is 62.3 Å². The molecule has 1 saturated heterocycles. The van der Waals surface area contributed by atoms with Crippen molar-refractivity contribution in [3.05, 3.63) is 72.4 Å². The van der Waals surface area contributed by atoms with Crippen LogP contribution >= 0.6 is 0 Å². The summed E-state index contributed by atoms with van der Waals surface area (Å²) in [6.07, 6.45) is 2.48. The Bertz CT molecular complexity index is 1070. The molecule has 0 unspecified atom stereocenters. The van der Waals surface area contributed by atoms with Gasteiger partial charge in [0.25, 0.3) is 0 Å². The van der Waals surface area contributed by atoms with E-state index in [1.165, 1.54) is 0 Å². The Balaban J connectivity index is 1.70. The molecule has 0 bridgehead atoms. The zero-order chi connectivity index (χ0) is 21.3. The molecule has 2 aromatic carbocycles. The number of anilines is 1. The fraction of sp³-hybridized carbons (Fsp3) is 0.320. The van der Waals surface area contributed by atoms with E-state index < -0.39 is 11.5 Å². The summed E-state index contributed by atoms with van der Waals surface area (Å²) in [5, 5.41) is 4.03. The van der Waals surface area contributed by atoms with E-state index >= 15 is 0 Å². The van der Waals surface area contributed by atoms with Gasteiger partial charge in [-0.15, -0.1) is 0 Å². The number of carbonyl (C=O) groups excluding carboxylic acids is 2. The maximum atomic E-state index is 13.6. The van der Waals surface area contributed by atoms with E-state index in [0.29, 0.717) is 12.2 Å². The number of pyridine rings is 1. The first-order valence-corrected chi connectivity index (χ1v) is 10.4. The van der Waals surface area contributed by atoms with E-state index in [1.807, 2.05) is 81.4 Å². The monoisotopic (exact) mass is 401 g/mol. The SMILES string of the molecule is CC(C)(C)C(=O)N1CC[C@@H](c2ccccc2)[C@H]1C(=O)Nc1cccc2cccnc12. The van der Waals surface area contributed by atoms with Gasteiger partial charge >= 0.3 is 0 Å². The normalized spacial score (nSPS) is 19.1. The summed E-state index contributed by atoms with van der Waals surface area (Å²) in [7, 11) is 0. The minimum Gasteiger partial charge on any atom is -0.330 e. The first-order valence-electron chi connectivity index (χ1n) is 10.4. The van der Waals surface area contributed by atoms with Crippen LogP contribution in [0.5, 0.6) is 0 Å². The van der Waals surface area contributed by atoms with Crippen molar-refractivity contribution in [1.82, 2.24) is 9.88 Å². The number of amides is 2. The van der Waals surface area contributed by atoms with Gasteiger partial charge < -0.3 is 10.2 Å². The molecule has 0 aliphatic carbocycles. The molecule has 5 nitrogen and oxygen atoms in total. The molecule has 1 fully saturated rings. The van der Waals surface area contributed by atoms with Crippen molar-refractivity contribution in [3.8, 4) is 0 Å². The molecule has 30 heavy (non-hydrogen) atoms. The summed E-state index contributed by atoms with van der Waals surface area (Å²) in [6, 6.07) is 19.0. The fourth-order valence-electron chi connectivity index (χ4n) is 4.24. The number of aromatic nitrogens is 1. The molecule has 3 aromatic rings. The molecule has 1 aromatic heterocycles. The zero-order valence-electron chi connectivity index (χ0n) is 17.6. The lowest BCUT2D eigenvalue weighted by Crippen LogP contribution is -2.49. The van der Waals surface area contributed by atoms with Crippen LogP contribution in [0.1, 0.15) is 38.7 Å². The molecule has 5 heteroatoms. The molecule has 1 aliphatic rings. The molecule has 154 valence electrons. The van der Waals surface area contributed by atoms with Crippen LogP contribution in [-0.4, -0.2) is 34.3 Å². The van der Waals surface area contributed by atoms with Gasteiger partial charge in [-0.25, -0.2) is 0 Å². The maximum absolute atomic E-state index is 13.6. The number of rotatable bonds is 3. The van der Waals surface area contributed by atoms with E-state index in [1.54, 1.807) is 11.1 Å². The van der Waals surface area contributed by atoms with Gasteiger partial charge in [-0.1, -0.05) is 69.3 Å². The minimum atomic E-state index is -0.557. The van der Waals surface area contributed by atoms with Crippen LogP contribution < -0.4 is 5.32 Å². The van der Waals surface area contributed by atoms with Crippen LogP contribution in [0.4, 0.5) is 5.69 Å². The number of carbonyl (C=O) groups is 2. The molecular weight excluding hydrogens is 374 g/mol. The quantitative estimate of drug-likeness (QED) is 0.697. The third kappa shape index (κ3) is 3.80. The lowest BCUT2D eigenvalue weighted by atomic mass is 9.89. The Labute approximate surface area is 177 Å². The summed E-state index contributed by atoms with van der Waals surface area (Å²) in [5.74, 6) is -0.213. The van der Waals surface area contributed by atoms with Crippen LogP contribution in [0.3, 0.4) is 0 Å². The molecule has 0 saturated carbocycles. The van der Waals surface area contributed by atoms with E-state index in [2.05, 4.69) is 10.3 Å². The van der Waals surface area contributed by atoms with Gasteiger partial charge in [0.1, 0.15) is 6.04 Å². The second-order valence-corrected chi connectivity index (χ2v) is 8.87. The zero-order valence-corrected chi connectivity index (χ0v) is 17.6. The summed E-state index contributed by atoms with van der Waals surface area (Å²) in [5.41, 5.74) is 1.94. The van der Waals surface area contributed by atoms with Crippen LogP contribution in [-0.2, 0) is 9.59 Å². The smallest absolute Gasteiger partial charge is 0.247 e. The van der Waals surface area contributed by atoms with Crippen molar-refractivity contribution < 1.29 is 9.59 Å². The Morgan fingerprint density at radius 3 is 2.47 bits per heavy atom. The van der Waals surface area contributed by atoms with Crippen LogP contribution in [0, 0.1) is 5.41 Å². The highest BCUT2D eigenvalue weighted by Gasteiger charge is 2.45. The maximum Gasteiger partial charge on any atom is 0.247 e. The second-order valence-electron chi connectivity index (χ2n) is 8.87. The lowest BCUT2D eigenvalue weighted by Gasteiger charge is -2.32. The van der Waals surface area contributed by atoms with Gasteiger partial charge in [0, 0.05) is 29.5 Å². The van der Waals surface area contributed by atoms with Gasteiger partial charge in [-0.3, -0.25) is 14.6 Å². The van der Waals surface area contributed by atoms with E-state index in [9.17, 15) is 9.59 Å². The Kier molecular flexibility index (Phi) is 5.29. The Morgan fingerprint density at radius 2 is 1.73 bits per heavy atom. The Morgan fingerprint density at radius 1 is 1.00 bits per heavy atom. The molecule has 1 N–H and O–H groups in total. The summed E-state index contributed by atoms with van der Waals surface area (Å²) in [4.78, 5) is 32.9. The third-order valence-electron chi connectivity index (χ3n) is 5.69. The predicted octanol–water partition coefficient (Wildman–Crippen LogP) is 4.60. The molecule has 1 aliphatic heterocycles. The first-order chi connectivity index (χ1) is 14.4. The fourth-order valence-corrected chi connectivity index (χ4v) is 4.24. The molecular formula is C25H27N3O2. The van der Waals surface area contributed by atoms with Gasteiger partial charge in [-0.05, 0) is 24.1 Å². The van der Waals surface area contributed by atoms with E-state index in [0.717, 1.165) is 22.9 Å². The largest absolute Gasteiger partial charge is 0.330 e. The lowest BCUT2D eigenvalue weighted by molar-refractivity contribution is -0.143. The van der Waals surface area contributed by atoms with Crippen molar-refractivity contribution >= 4 is 28.4 Å². The second kappa shape index (κ2) is 7.90. The molecule has 4 rings (SSSR count). The van der Waals surface area contributed by atoms with Gasteiger partial charge in [-0.2, -0.15) is 0 Å². The van der Waals surface area contributed by atoms with Crippen LogP contribution in [0.15, 0.2) is 66.9 Å². The van der Waals surface area contributed by atoms with Gasteiger partial charge in [0.05, 0.1) is 11.2 Å². The number of para-hydroxylation sites is 1. The number of likely N-dealkylation sites (tertiary alicyclic amines) is 1. The number of nitrogens with one attached hydrogen (secondary N) is 1. The summed E-state index contributed by atoms with van der Waals surface area (Å²) >= 11 is 0. The highest BCUT2D eigenvalue weighted by Crippen LogP contribution is 2.37. The predicted molar refractivity (Wildman–Crippen MR) is 119 cm³/mol. The van der Waals surface area contributed by atoms with E-state index in [-0.39, 0.29) is 17.7 Å². The highest BCUT2D eigenvalue weighted by atomic mass is 16.2. The highest BCUT2D eigenvalue weighted by molar-refractivity contribution is 6.04. The average molecular weight is 402 g/mol. The number of nitrogens with zero attached hydrogens (tertiary/aromatic N) is 2. The third-order valence-corrected chi connectivity index (χ3v) is 5.69. The molecule has 2 heterocycles. The number of hydrogen-bond donors (Lipinski definition) is 1. The summed E-state index contributed by atoms with van der Waals surface area (Å²) < 4.78 is 0. The van der Waals surface area contributed by atoms with Crippen molar-refractivity contribution in [2.24, 2.45) is 5.41 Å². The van der Waals surface area contributed by atoms with Crippen molar-refractivity contribution in [3.63, 3.8) is 0 Å². The number of hydrogen-bond acceptors (Lipinski definition) is 3. The molecule has 0 radical (unpaired) electrons. The minimum absolute atomic E-state index is 0.00266. The average Bonchev–Trinajstić information content (AvgIpc) is 3.18. The summed E-state index contributed by atoms with van der Waals surface area (Å²) in [6.45, 7) is 6.26. The number of benzene rings is 2. The van der Waals surface area contributed by atoms with Gasteiger partial charge in [0.15, 0.2) is 0 Å². The van der Waals surface area contributed by atoms with Crippen molar-refractivity contribution in [1.29, 1.82) is 0 Å². The van der Waals surface area contributed by atoms with E-state index in [4.69, 9.17) is 0 Å². The first kappa shape index (κ1) is 20.1. The van der Waals surface area contributed by atoms with Crippen LogP contribution in [0.2, 0.25) is 0 Å². The molecule has 2 amide bonds. The standard InChI is InChI=1S/C25H27N3O2/c1-25(2,3)24(30)28-16-14-19(17-9-5-4-6-10-17)22(28)23(29)27-20-13-7-11-18-12-8-15-26-21(18)20/h4-13,15,19,22H,14,16H2,1-3H3,(H,27,29)/t19-,22-/m0/s1. The Hall–Kier alpha value is -3.21. The number of fused-ring (bicyclic) bond motifs is 1. The van der Waals surface area contributed by atoms with Crippen molar-refractivity contribution in [2.45, 2.75) is 39.2 Å². The van der Waals surface area contributed by atoms with Gasteiger partial charge in [0.2, 0.25) is 11.8 Å². The molecule has 0 spiro atoms. The van der Waals surface area contributed by atoms with Crippen LogP contribution in [0.25, 0.3) is 10.9 Å².